The molecule has 0 amide bonds. The highest BCUT2D eigenvalue weighted by Gasteiger charge is 2.34. The van der Waals surface area contributed by atoms with Crippen LogP contribution in [0.4, 0.5) is 0 Å². The van der Waals surface area contributed by atoms with Gasteiger partial charge in [-0.1, -0.05) is 12.1 Å². The lowest BCUT2D eigenvalue weighted by molar-refractivity contribution is -0.135. The Balaban J connectivity index is 1.60. The zero-order valence-corrected chi connectivity index (χ0v) is 19.3. The summed E-state index contributed by atoms with van der Waals surface area (Å²) < 4.78 is 12.4. The summed E-state index contributed by atoms with van der Waals surface area (Å²) in [6, 6.07) is 15.5. The van der Waals surface area contributed by atoms with Crippen molar-refractivity contribution in [2.45, 2.75) is 32.2 Å². The molecule has 0 radical (unpaired) electrons. The maximum Gasteiger partial charge on any atom is 0.312 e. The summed E-state index contributed by atoms with van der Waals surface area (Å²) in [4.78, 5) is 42.0. The van der Waals surface area contributed by atoms with E-state index in [1.807, 2.05) is 12.1 Å². The van der Waals surface area contributed by atoms with E-state index in [2.05, 4.69) is 4.98 Å². The number of phenols is 1. The second kappa shape index (κ2) is 8.79. The molecular formula is C27H24N2O6. The molecule has 8 heteroatoms. The second-order valence-corrected chi connectivity index (χ2v) is 8.67. The van der Waals surface area contributed by atoms with Crippen molar-refractivity contribution < 1.29 is 19.4 Å². The van der Waals surface area contributed by atoms with Gasteiger partial charge in [0.2, 0.25) is 0 Å². The maximum atomic E-state index is 13.7. The SMILES string of the molecule is COc1ccc2[nH]c(=O)c([C@H]3CC(=O)Oc4cc(C)n(CCc5ccc(O)cc5)c(=O)c43)cc2c1. The number of phenolic OH excluding ortho intramolecular Hbond substituents is 1. The summed E-state index contributed by atoms with van der Waals surface area (Å²) in [5.41, 5.74) is 2.23. The number of hydrogen-bond acceptors (Lipinski definition) is 6. The van der Waals surface area contributed by atoms with Gasteiger partial charge in [0, 0.05) is 40.7 Å². The second-order valence-electron chi connectivity index (χ2n) is 8.67. The highest BCUT2D eigenvalue weighted by molar-refractivity contribution is 5.82. The van der Waals surface area contributed by atoms with Gasteiger partial charge in [0.15, 0.2) is 0 Å². The Morgan fingerprint density at radius 3 is 2.60 bits per heavy atom. The highest BCUT2D eigenvalue weighted by atomic mass is 16.5. The van der Waals surface area contributed by atoms with Crippen LogP contribution < -0.4 is 20.6 Å². The van der Waals surface area contributed by atoms with Gasteiger partial charge >= 0.3 is 5.97 Å². The molecule has 4 aromatic rings. The van der Waals surface area contributed by atoms with Gasteiger partial charge < -0.3 is 24.1 Å². The number of aryl methyl sites for hydroxylation is 2. The summed E-state index contributed by atoms with van der Waals surface area (Å²) in [6.45, 7) is 2.18. The number of esters is 1. The predicted molar refractivity (Wildman–Crippen MR) is 130 cm³/mol. The quantitative estimate of drug-likeness (QED) is 0.431. The van der Waals surface area contributed by atoms with Gasteiger partial charge in [0.05, 0.1) is 19.1 Å². The molecule has 0 fully saturated rings. The van der Waals surface area contributed by atoms with Crippen LogP contribution in [-0.4, -0.2) is 27.7 Å². The minimum Gasteiger partial charge on any atom is -0.508 e. The smallest absolute Gasteiger partial charge is 0.312 e. The fourth-order valence-electron chi connectivity index (χ4n) is 4.63. The molecule has 1 atom stereocenters. The van der Waals surface area contributed by atoms with Gasteiger partial charge in [0.25, 0.3) is 11.1 Å². The van der Waals surface area contributed by atoms with Crippen LogP contribution in [0.25, 0.3) is 10.9 Å². The molecule has 3 heterocycles. The molecule has 1 aliphatic heterocycles. The van der Waals surface area contributed by atoms with Crippen molar-refractivity contribution in [3.8, 4) is 17.2 Å². The number of aromatic hydroxyl groups is 1. The number of carbonyl (C=O) groups excluding carboxylic acids is 1. The number of hydrogen-bond donors (Lipinski definition) is 2. The third-order valence-corrected chi connectivity index (χ3v) is 6.47. The Morgan fingerprint density at radius 2 is 1.86 bits per heavy atom. The van der Waals surface area contributed by atoms with Crippen LogP contribution in [0.3, 0.4) is 0 Å². The molecule has 0 spiro atoms. The lowest BCUT2D eigenvalue weighted by Crippen LogP contribution is -2.35. The first-order chi connectivity index (χ1) is 16.8. The standard InChI is InChI=1S/C27H24N2O6/c1-15-11-23-25(27(33)29(15)10-9-16-3-5-18(30)6-4-16)20(14-24(31)35-23)21-13-17-12-19(34-2)7-8-22(17)28-26(21)32/h3-8,11-13,20,30H,9-10,14H2,1-2H3,(H,28,32)/t20-/m1/s1. The largest absolute Gasteiger partial charge is 0.508 e. The van der Waals surface area contributed by atoms with Crippen LogP contribution in [0.15, 0.2) is 64.2 Å². The summed E-state index contributed by atoms with van der Waals surface area (Å²) in [6.07, 6.45) is 0.461. The number of ether oxygens (including phenoxy) is 2. The van der Waals surface area contributed by atoms with Gasteiger partial charge in [-0.25, -0.2) is 0 Å². The number of nitrogens with one attached hydrogen (secondary N) is 1. The van der Waals surface area contributed by atoms with E-state index in [0.29, 0.717) is 41.1 Å². The molecule has 2 aromatic carbocycles. The van der Waals surface area contributed by atoms with Gasteiger partial charge in [0.1, 0.15) is 17.2 Å². The molecule has 0 bridgehead atoms. The Bertz CT molecular complexity index is 1570. The van der Waals surface area contributed by atoms with Crippen LogP contribution in [-0.2, 0) is 17.8 Å². The molecular weight excluding hydrogens is 448 g/mol. The zero-order valence-electron chi connectivity index (χ0n) is 19.3. The van der Waals surface area contributed by atoms with Crippen LogP contribution in [0.5, 0.6) is 17.2 Å². The Kier molecular flexibility index (Phi) is 5.64. The predicted octanol–water partition coefficient (Wildman–Crippen LogP) is 3.40. The van der Waals surface area contributed by atoms with E-state index in [9.17, 15) is 19.5 Å². The van der Waals surface area contributed by atoms with Crippen molar-refractivity contribution in [2.24, 2.45) is 0 Å². The molecule has 0 unspecified atom stereocenters. The van der Waals surface area contributed by atoms with Gasteiger partial charge in [-0.15, -0.1) is 0 Å². The van der Waals surface area contributed by atoms with Crippen LogP contribution in [0.1, 0.15) is 34.7 Å². The first kappa shape index (κ1) is 22.5. The Hall–Kier alpha value is -4.33. The molecule has 35 heavy (non-hydrogen) atoms. The number of H-pyrrole nitrogens is 1. The fraction of sp³-hybridized carbons (Fsp3) is 0.222. The number of carbonyl (C=O) groups is 1. The van der Waals surface area contributed by atoms with E-state index < -0.39 is 11.9 Å². The molecule has 1 aliphatic rings. The molecule has 0 saturated carbocycles. The number of nitrogens with zero attached hydrogens (tertiary/aromatic N) is 1. The third kappa shape index (κ3) is 4.19. The molecule has 5 rings (SSSR count). The topological polar surface area (TPSA) is 111 Å². The summed E-state index contributed by atoms with van der Waals surface area (Å²) >= 11 is 0. The number of methoxy groups -OCH3 is 1. The molecule has 2 N–H and O–H groups in total. The number of aromatic nitrogens is 2. The van der Waals surface area contributed by atoms with Crippen molar-refractivity contribution in [1.82, 2.24) is 9.55 Å². The number of benzene rings is 2. The first-order valence-electron chi connectivity index (χ1n) is 11.3. The van der Waals surface area contributed by atoms with Crippen molar-refractivity contribution in [3.63, 3.8) is 0 Å². The summed E-state index contributed by atoms with van der Waals surface area (Å²) in [5.74, 6) is -0.225. The Morgan fingerprint density at radius 1 is 1.09 bits per heavy atom. The van der Waals surface area contributed by atoms with E-state index in [1.165, 1.54) is 0 Å². The average Bonchev–Trinajstić information content (AvgIpc) is 2.83. The molecule has 8 nitrogen and oxygen atoms in total. The number of rotatable bonds is 5. The molecule has 0 saturated heterocycles. The van der Waals surface area contributed by atoms with Crippen molar-refractivity contribution in [1.29, 1.82) is 0 Å². The van der Waals surface area contributed by atoms with Crippen molar-refractivity contribution >= 4 is 16.9 Å². The minimum atomic E-state index is -0.737. The van der Waals surface area contributed by atoms with E-state index in [4.69, 9.17) is 9.47 Å². The summed E-state index contributed by atoms with van der Waals surface area (Å²) in [7, 11) is 1.56. The molecule has 0 aliphatic carbocycles. The number of fused-ring (bicyclic) bond motifs is 2. The van der Waals surface area contributed by atoms with E-state index in [0.717, 1.165) is 10.9 Å². The molecule has 2 aromatic heterocycles. The summed E-state index contributed by atoms with van der Waals surface area (Å²) in [5, 5.41) is 10.2. The van der Waals surface area contributed by atoms with Gasteiger partial charge in [-0.2, -0.15) is 0 Å². The van der Waals surface area contributed by atoms with E-state index in [1.54, 1.807) is 61.1 Å². The van der Waals surface area contributed by atoms with Gasteiger partial charge in [-0.3, -0.25) is 14.4 Å². The monoisotopic (exact) mass is 472 g/mol. The fourth-order valence-corrected chi connectivity index (χ4v) is 4.63. The van der Waals surface area contributed by atoms with Crippen LogP contribution in [0.2, 0.25) is 0 Å². The van der Waals surface area contributed by atoms with Crippen LogP contribution in [0, 0.1) is 6.92 Å². The van der Waals surface area contributed by atoms with E-state index in [-0.39, 0.29) is 29.0 Å². The average molecular weight is 472 g/mol. The number of aromatic amines is 1. The van der Waals surface area contributed by atoms with Gasteiger partial charge in [-0.05, 0) is 55.3 Å². The first-order valence-corrected chi connectivity index (χ1v) is 11.3. The highest BCUT2D eigenvalue weighted by Crippen LogP contribution is 2.36. The maximum absolute atomic E-state index is 13.7. The normalized spacial score (nSPS) is 15.0. The van der Waals surface area contributed by atoms with Crippen molar-refractivity contribution in [3.05, 3.63) is 97.7 Å². The minimum absolute atomic E-state index is 0.109. The third-order valence-electron chi connectivity index (χ3n) is 6.47. The zero-order chi connectivity index (χ0) is 24.7. The molecule has 178 valence electrons. The lowest BCUT2D eigenvalue weighted by atomic mass is 9.87. The number of pyridine rings is 2. The van der Waals surface area contributed by atoms with E-state index >= 15 is 0 Å². The Labute approximate surface area is 200 Å². The van der Waals surface area contributed by atoms with Crippen LogP contribution >= 0.6 is 0 Å². The lowest BCUT2D eigenvalue weighted by Gasteiger charge is -2.26. The van der Waals surface area contributed by atoms with Crippen molar-refractivity contribution in [2.75, 3.05) is 7.11 Å².